The number of ether oxygens (including phenoxy) is 1. The number of rotatable bonds is 4. The van der Waals surface area contributed by atoms with Crippen molar-refractivity contribution in [3.05, 3.63) is 64.1 Å². The highest BCUT2D eigenvalue weighted by atomic mass is 35.5. The number of nitrogens with zero attached hydrogens (tertiary/aromatic N) is 6. The normalized spacial score (nSPS) is 20.9. The van der Waals surface area contributed by atoms with E-state index in [0.717, 1.165) is 17.7 Å². The molecule has 1 atom stereocenters. The number of benzene rings is 2. The molecule has 3 heterocycles. The first kappa shape index (κ1) is 22.5. The van der Waals surface area contributed by atoms with Crippen molar-refractivity contribution in [1.29, 1.82) is 5.26 Å². The summed E-state index contributed by atoms with van der Waals surface area (Å²) in [6.45, 7) is 2.23. The van der Waals surface area contributed by atoms with Gasteiger partial charge in [-0.15, -0.1) is 4.99 Å². The van der Waals surface area contributed by atoms with Crippen LogP contribution < -0.4 is 4.74 Å². The van der Waals surface area contributed by atoms with Crippen molar-refractivity contribution >= 4 is 40.8 Å². The van der Waals surface area contributed by atoms with Crippen LogP contribution in [0.3, 0.4) is 0 Å². The second kappa shape index (κ2) is 9.53. The van der Waals surface area contributed by atoms with E-state index < -0.39 is 0 Å². The van der Waals surface area contributed by atoms with Crippen LogP contribution in [-0.4, -0.2) is 70.7 Å². The van der Waals surface area contributed by atoms with Crippen molar-refractivity contribution in [2.75, 3.05) is 26.2 Å². The lowest BCUT2D eigenvalue weighted by atomic mass is 10.0. The molecule has 174 valence electrons. The number of nitriles is 1. The van der Waals surface area contributed by atoms with Crippen LogP contribution in [0.4, 0.5) is 0 Å². The SMILES string of the molecule is N#CN=C(N1CC(Oc2ccccc2)C1)N1CC(N2CCCC2=O)C(c2ccc(Cl)c(Cl)c2)=N1. The van der Waals surface area contributed by atoms with Crippen LogP contribution in [-0.2, 0) is 4.79 Å². The Morgan fingerprint density at radius 2 is 1.91 bits per heavy atom. The summed E-state index contributed by atoms with van der Waals surface area (Å²) < 4.78 is 5.99. The van der Waals surface area contributed by atoms with E-state index in [1.54, 1.807) is 17.1 Å². The summed E-state index contributed by atoms with van der Waals surface area (Å²) in [5, 5.41) is 16.8. The molecule has 0 spiro atoms. The molecular formula is C24H22Cl2N6O2. The number of halogens is 2. The average Bonchev–Trinajstić information content (AvgIpc) is 3.43. The van der Waals surface area contributed by atoms with E-state index in [-0.39, 0.29) is 18.1 Å². The van der Waals surface area contributed by atoms with Gasteiger partial charge < -0.3 is 14.5 Å². The molecular weight excluding hydrogens is 475 g/mol. The first-order valence-electron chi connectivity index (χ1n) is 11.1. The van der Waals surface area contributed by atoms with E-state index in [2.05, 4.69) is 4.99 Å². The predicted octanol–water partition coefficient (Wildman–Crippen LogP) is 3.60. The molecule has 3 aliphatic heterocycles. The number of amides is 1. The van der Waals surface area contributed by atoms with Gasteiger partial charge >= 0.3 is 0 Å². The molecule has 2 aromatic rings. The van der Waals surface area contributed by atoms with Gasteiger partial charge in [0, 0.05) is 18.5 Å². The fraction of sp³-hybridized carbons (Fsp3) is 0.333. The third-order valence-electron chi connectivity index (χ3n) is 6.15. The second-order valence-corrected chi connectivity index (χ2v) is 9.19. The third kappa shape index (κ3) is 4.41. The molecule has 0 bridgehead atoms. The lowest BCUT2D eigenvalue weighted by Gasteiger charge is -2.42. The first-order chi connectivity index (χ1) is 16.5. The highest BCUT2D eigenvalue weighted by Gasteiger charge is 2.41. The van der Waals surface area contributed by atoms with Gasteiger partial charge in [0.25, 0.3) is 0 Å². The van der Waals surface area contributed by atoms with Gasteiger partial charge in [0.15, 0.2) is 0 Å². The van der Waals surface area contributed by atoms with E-state index in [0.29, 0.717) is 54.3 Å². The number of carbonyl (C=O) groups excluding carboxylic acids is 1. The van der Waals surface area contributed by atoms with E-state index in [4.69, 9.17) is 33.0 Å². The number of para-hydroxylation sites is 1. The van der Waals surface area contributed by atoms with Crippen LogP contribution >= 0.6 is 23.2 Å². The number of hydrogen-bond acceptors (Lipinski definition) is 5. The number of guanidine groups is 1. The molecule has 2 fully saturated rings. The maximum Gasteiger partial charge on any atom is 0.233 e. The fourth-order valence-electron chi connectivity index (χ4n) is 4.47. The van der Waals surface area contributed by atoms with Crippen LogP contribution in [0.15, 0.2) is 58.6 Å². The molecule has 8 nitrogen and oxygen atoms in total. The Kier molecular flexibility index (Phi) is 6.31. The molecule has 0 N–H and O–H groups in total. The Morgan fingerprint density at radius 3 is 2.59 bits per heavy atom. The van der Waals surface area contributed by atoms with E-state index in [1.807, 2.05) is 52.4 Å². The van der Waals surface area contributed by atoms with Crippen molar-refractivity contribution < 1.29 is 9.53 Å². The molecule has 2 saturated heterocycles. The van der Waals surface area contributed by atoms with Gasteiger partial charge in [0.1, 0.15) is 11.9 Å². The van der Waals surface area contributed by atoms with Crippen LogP contribution in [0.2, 0.25) is 10.0 Å². The van der Waals surface area contributed by atoms with Crippen molar-refractivity contribution in [3.63, 3.8) is 0 Å². The standard InChI is InChI=1S/C24H22Cl2N6O2/c25-19-9-8-16(11-20(19)26)23-21(31-10-4-7-22(31)33)14-32(29-23)24(28-15-27)30-12-18(13-30)34-17-5-2-1-3-6-17/h1-3,5-6,8-9,11,18,21H,4,7,10,12-14H2. The minimum Gasteiger partial charge on any atom is -0.487 e. The summed E-state index contributed by atoms with van der Waals surface area (Å²) in [5.74, 6) is 1.35. The van der Waals surface area contributed by atoms with E-state index in [9.17, 15) is 10.1 Å². The largest absolute Gasteiger partial charge is 0.487 e. The molecule has 0 aromatic heterocycles. The number of hydrazone groups is 1. The zero-order chi connectivity index (χ0) is 23.7. The Labute approximate surface area is 207 Å². The van der Waals surface area contributed by atoms with Gasteiger partial charge in [0.2, 0.25) is 18.1 Å². The maximum atomic E-state index is 12.6. The molecule has 1 unspecified atom stereocenters. The van der Waals surface area contributed by atoms with E-state index in [1.165, 1.54) is 0 Å². The van der Waals surface area contributed by atoms with Gasteiger partial charge in [-0.1, -0.05) is 47.5 Å². The van der Waals surface area contributed by atoms with Crippen molar-refractivity contribution in [3.8, 4) is 11.9 Å². The molecule has 10 heteroatoms. The van der Waals surface area contributed by atoms with Crippen LogP contribution in [0.1, 0.15) is 18.4 Å². The Morgan fingerprint density at radius 1 is 1.12 bits per heavy atom. The van der Waals surface area contributed by atoms with Gasteiger partial charge in [-0.25, -0.2) is 5.01 Å². The van der Waals surface area contributed by atoms with Crippen molar-refractivity contribution in [1.82, 2.24) is 14.8 Å². The molecule has 5 rings (SSSR count). The van der Waals surface area contributed by atoms with E-state index >= 15 is 0 Å². The predicted molar refractivity (Wildman–Crippen MR) is 130 cm³/mol. The Bertz CT molecular complexity index is 1190. The summed E-state index contributed by atoms with van der Waals surface area (Å²) in [6, 6.07) is 14.7. The molecule has 0 radical (unpaired) electrons. The van der Waals surface area contributed by atoms with Gasteiger partial charge in [-0.05, 0) is 30.7 Å². The van der Waals surface area contributed by atoms with Gasteiger partial charge in [-0.2, -0.15) is 10.4 Å². The summed E-state index contributed by atoms with van der Waals surface area (Å²) in [7, 11) is 0. The molecule has 2 aromatic carbocycles. The first-order valence-corrected chi connectivity index (χ1v) is 11.8. The van der Waals surface area contributed by atoms with Crippen molar-refractivity contribution in [2.24, 2.45) is 10.1 Å². The lowest BCUT2D eigenvalue weighted by Crippen LogP contribution is -2.59. The Balaban J connectivity index is 1.38. The monoisotopic (exact) mass is 496 g/mol. The molecule has 1 amide bonds. The van der Waals surface area contributed by atoms with Crippen LogP contribution in [0, 0.1) is 11.5 Å². The van der Waals surface area contributed by atoms with Crippen LogP contribution in [0.5, 0.6) is 5.75 Å². The summed E-state index contributed by atoms with van der Waals surface area (Å²) in [6.07, 6.45) is 3.22. The molecule has 34 heavy (non-hydrogen) atoms. The van der Waals surface area contributed by atoms with Gasteiger partial charge in [0.05, 0.1) is 41.4 Å². The molecule has 0 aliphatic carbocycles. The zero-order valence-corrected chi connectivity index (χ0v) is 19.8. The summed E-state index contributed by atoms with van der Waals surface area (Å²) in [5.41, 5.74) is 1.49. The number of aliphatic imine (C=N–C) groups is 1. The highest BCUT2D eigenvalue weighted by molar-refractivity contribution is 6.42. The minimum atomic E-state index is -0.270. The highest BCUT2D eigenvalue weighted by Crippen LogP contribution is 2.29. The average molecular weight is 497 g/mol. The maximum absolute atomic E-state index is 12.6. The van der Waals surface area contributed by atoms with Crippen molar-refractivity contribution in [2.45, 2.75) is 25.0 Å². The fourth-order valence-corrected chi connectivity index (χ4v) is 4.77. The van der Waals surface area contributed by atoms with Gasteiger partial charge in [-0.3, -0.25) is 4.79 Å². The summed E-state index contributed by atoms with van der Waals surface area (Å²) in [4.78, 5) is 20.5. The zero-order valence-electron chi connectivity index (χ0n) is 18.3. The lowest BCUT2D eigenvalue weighted by molar-refractivity contribution is -0.128. The molecule has 3 aliphatic rings. The number of carbonyl (C=O) groups is 1. The number of hydrogen-bond donors (Lipinski definition) is 0. The Hall–Kier alpha value is -3.28. The summed E-state index contributed by atoms with van der Waals surface area (Å²) >= 11 is 12.4. The number of likely N-dealkylation sites (tertiary alicyclic amines) is 2. The topological polar surface area (TPSA) is 84.5 Å². The third-order valence-corrected chi connectivity index (χ3v) is 6.89. The second-order valence-electron chi connectivity index (χ2n) is 8.37. The van der Waals surface area contributed by atoms with Crippen LogP contribution in [0.25, 0.3) is 0 Å². The quantitative estimate of drug-likeness (QED) is 0.366. The molecule has 0 saturated carbocycles. The smallest absolute Gasteiger partial charge is 0.233 e. The minimum absolute atomic E-state index is 0.0108.